The lowest BCUT2D eigenvalue weighted by molar-refractivity contribution is 0.265. The highest BCUT2D eigenvalue weighted by molar-refractivity contribution is 5.67. The molecule has 0 amide bonds. The van der Waals surface area contributed by atoms with E-state index < -0.39 is 0 Å². The van der Waals surface area contributed by atoms with E-state index in [-0.39, 0.29) is 12.6 Å². The fraction of sp³-hybridized carbons (Fsp3) is 0.700. The van der Waals surface area contributed by atoms with Crippen LogP contribution in [0.3, 0.4) is 0 Å². The summed E-state index contributed by atoms with van der Waals surface area (Å²) >= 11 is 0. The van der Waals surface area contributed by atoms with Crippen molar-refractivity contribution in [2.75, 3.05) is 23.8 Å². The maximum atomic E-state index is 9.27. The van der Waals surface area contributed by atoms with Crippen LogP contribution in [0.15, 0.2) is 0 Å². The Morgan fingerprint density at radius 2 is 2.33 bits per heavy atom. The standard InChI is InChI=1S/C10H18N4O/c1-7-9(11)10(13(2)12-7)14-5-3-4-8(14)6-15/h8,15H,3-6,11H2,1-2H3. The Kier molecular flexibility index (Phi) is 2.56. The first-order valence-electron chi connectivity index (χ1n) is 5.31. The molecule has 1 aliphatic heterocycles. The molecule has 84 valence electrons. The van der Waals surface area contributed by atoms with Gasteiger partial charge in [-0.25, -0.2) is 0 Å². The van der Waals surface area contributed by atoms with E-state index in [9.17, 15) is 5.11 Å². The summed E-state index contributed by atoms with van der Waals surface area (Å²) in [7, 11) is 1.89. The third kappa shape index (κ3) is 1.56. The number of aromatic nitrogens is 2. The molecule has 5 nitrogen and oxygen atoms in total. The first-order chi connectivity index (χ1) is 7.15. The van der Waals surface area contributed by atoms with Crippen molar-refractivity contribution < 1.29 is 5.11 Å². The second-order valence-electron chi connectivity index (χ2n) is 4.12. The normalized spacial score (nSPS) is 21.3. The second kappa shape index (κ2) is 3.73. The highest BCUT2D eigenvalue weighted by Crippen LogP contribution is 2.31. The molecule has 0 spiro atoms. The van der Waals surface area contributed by atoms with E-state index in [4.69, 9.17) is 5.73 Å². The summed E-state index contributed by atoms with van der Waals surface area (Å²) in [5.74, 6) is 0.948. The van der Waals surface area contributed by atoms with Crippen LogP contribution in [0.1, 0.15) is 18.5 Å². The molecule has 5 heteroatoms. The van der Waals surface area contributed by atoms with Crippen molar-refractivity contribution in [3.63, 3.8) is 0 Å². The Labute approximate surface area is 89.5 Å². The minimum atomic E-state index is 0.184. The Bertz CT molecular complexity index is 361. The van der Waals surface area contributed by atoms with Gasteiger partial charge in [0.1, 0.15) is 0 Å². The molecular formula is C10H18N4O. The Hall–Kier alpha value is -1.23. The predicted octanol–water partition coefficient (Wildman–Crippen LogP) is 0.272. The average Bonchev–Trinajstić information content (AvgIpc) is 2.73. The molecule has 0 bridgehead atoms. The van der Waals surface area contributed by atoms with Gasteiger partial charge in [-0.2, -0.15) is 5.10 Å². The van der Waals surface area contributed by atoms with Crippen LogP contribution in [-0.4, -0.2) is 34.1 Å². The molecule has 2 heterocycles. The molecule has 1 fully saturated rings. The zero-order valence-corrected chi connectivity index (χ0v) is 9.27. The van der Waals surface area contributed by atoms with Crippen LogP contribution in [0, 0.1) is 6.92 Å². The molecule has 3 N–H and O–H groups in total. The van der Waals surface area contributed by atoms with Crippen molar-refractivity contribution in [2.24, 2.45) is 7.05 Å². The fourth-order valence-corrected chi connectivity index (χ4v) is 2.31. The smallest absolute Gasteiger partial charge is 0.150 e. The quantitative estimate of drug-likeness (QED) is 0.735. The number of anilines is 2. The first kappa shape index (κ1) is 10.3. The van der Waals surface area contributed by atoms with Crippen LogP contribution in [-0.2, 0) is 7.05 Å². The first-order valence-corrected chi connectivity index (χ1v) is 5.31. The maximum Gasteiger partial charge on any atom is 0.150 e. The fourth-order valence-electron chi connectivity index (χ4n) is 2.31. The third-order valence-electron chi connectivity index (χ3n) is 3.10. The van der Waals surface area contributed by atoms with Crippen molar-refractivity contribution in [1.29, 1.82) is 0 Å². The van der Waals surface area contributed by atoms with Gasteiger partial charge in [-0.3, -0.25) is 4.68 Å². The third-order valence-corrected chi connectivity index (χ3v) is 3.10. The number of nitrogen functional groups attached to an aromatic ring is 1. The van der Waals surface area contributed by atoms with Gasteiger partial charge in [0.25, 0.3) is 0 Å². The number of hydrogen-bond acceptors (Lipinski definition) is 4. The molecule has 1 saturated heterocycles. The van der Waals surface area contributed by atoms with Gasteiger partial charge in [0.05, 0.1) is 24.0 Å². The number of rotatable bonds is 2. The molecule has 0 radical (unpaired) electrons. The van der Waals surface area contributed by atoms with E-state index in [0.717, 1.165) is 36.6 Å². The molecule has 1 aromatic heterocycles. The van der Waals surface area contributed by atoms with Gasteiger partial charge in [-0.05, 0) is 19.8 Å². The van der Waals surface area contributed by atoms with E-state index in [1.54, 1.807) is 4.68 Å². The van der Waals surface area contributed by atoms with E-state index in [0.29, 0.717) is 0 Å². The molecule has 0 aliphatic carbocycles. The number of aliphatic hydroxyl groups excluding tert-OH is 1. The van der Waals surface area contributed by atoms with Crippen molar-refractivity contribution in [1.82, 2.24) is 9.78 Å². The van der Waals surface area contributed by atoms with E-state index in [1.807, 2.05) is 14.0 Å². The number of nitrogens with two attached hydrogens (primary N) is 1. The van der Waals surface area contributed by atoms with Gasteiger partial charge in [-0.15, -0.1) is 0 Å². The summed E-state index contributed by atoms with van der Waals surface area (Å²) in [4.78, 5) is 2.16. The summed E-state index contributed by atoms with van der Waals surface area (Å²) in [6, 6.07) is 0.196. The van der Waals surface area contributed by atoms with Crippen LogP contribution in [0.25, 0.3) is 0 Å². The lowest BCUT2D eigenvalue weighted by atomic mass is 10.2. The van der Waals surface area contributed by atoms with Crippen molar-refractivity contribution in [3.05, 3.63) is 5.69 Å². The van der Waals surface area contributed by atoms with E-state index >= 15 is 0 Å². The largest absolute Gasteiger partial charge is 0.394 e. The average molecular weight is 210 g/mol. The molecule has 0 aromatic carbocycles. The SMILES string of the molecule is Cc1nn(C)c(N2CCCC2CO)c1N. The minimum absolute atomic E-state index is 0.184. The van der Waals surface area contributed by atoms with Crippen LogP contribution in [0.5, 0.6) is 0 Å². The molecule has 0 saturated carbocycles. The van der Waals surface area contributed by atoms with Crippen LogP contribution >= 0.6 is 0 Å². The number of aliphatic hydroxyl groups is 1. The van der Waals surface area contributed by atoms with Crippen molar-refractivity contribution in [2.45, 2.75) is 25.8 Å². The number of nitrogens with zero attached hydrogens (tertiary/aromatic N) is 3. The highest BCUT2D eigenvalue weighted by atomic mass is 16.3. The maximum absolute atomic E-state index is 9.27. The van der Waals surface area contributed by atoms with Gasteiger partial charge >= 0.3 is 0 Å². The van der Waals surface area contributed by atoms with Crippen molar-refractivity contribution >= 4 is 11.5 Å². The van der Waals surface area contributed by atoms with Crippen LogP contribution in [0.2, 0.25) is 0 Å². The molecule has 1 aliphatic rings. The van der Waals surface area contributed by atoms with E-state index in [1.165, 1.54) is 0 Å². The van der Waals surface area contributed by atoms with Crippen LogP contribution < -0.4 is 10.6 Å². The summed E-state index contributed by atoms with van der Waals surface area (Å²) in [5, 5.41) is 13.6. The monoisotopic (exact) mass is 210 g/mol. The summed E-state index contributed by atoms with van der Waals surface area (Å²) < 4.78 is 1.80. The summed E-state index contributed by atoms with van der Waals surface area (Å²) in [5.41, 5.74) is 7.59. The number of hydrogen-bond donors (Lipinski definition) is 2. The summed E-state index contributed by atoms with van der Waals surface area (Å²) in [6.07, 6.45) is 2.13. The summed E-state index contributed by atoms with van der Waals surface area (Å²) in [6.45, 7) is 3.04. The Balaban J connectivity index is 2.36. The van der Waals surface area contributed by atoms with Crippen LogP contribution in [0.4, 0.5) is 11.5 Å². The lowest BCUT2D eigenvalue weighted by Crippen LogP contribution is -2.34. The lowest BCUT2D eigenvalue weighted by Gasteiger charge is -2.25. The molecular weight excluding hydrogens is 192 g/mol. The molecule has 1 unspecified atom stereocenters. The minimum Gasteiger partial charge on any atom is -0.394 e. The van der Waals surface area contributed by atoms with Gasteiger partial charge < -0.3 is 15.7 Å². The molecule has 2 rings (SSSR count). The zero-order chi connectivity index (χ0) is 11.0. The predicted molar refractivity (Wildman–Crippen MR) is 59.8 cm³/mol. The molecule has 1 aromatic rings. The van der Waals surface area contributed by atoms with Gasteiger partial charge in [-0.1, -0.05) is 0 Å². The highest BCUT2D eigenvalue weighted by Gasteiger charge is 2.28. The van der Waals surface area contributed by atoms with Crippen molar-refractivity contribution in [3.8, 4) is 0 Å². The number of aryl methyl sites for hydroxylation is 2. The Morgan fingerprint density at radius 3 is 2.87 bits per heavy atom. The van der Waals surface area contributed by atoms with Gasteiger partial charge in [0, 0.05) is 13.6 Å². The van der Waals surface area contributed by atoms with Gasteiger partial charge in [0.2, 0.25) is 0 Å². The second-order valence-corrected chi connectivity index (χ2v) is 4.12. The molecule has 15 heavy (non-hydrogen) atoms. The Morgan fingerprint density at radius 1 is 1.60 bits per heavy atom. The van der Waals surface area contributed by atoms with Gasteiger partial charge in [0.15, 0.2) is 5.82 Å². The van der Waals surface area contributed by atoms with E-state index in [2.05, 4.69) is 10.00 Å². The topological polar surface area (TPSA) is 67.3 Å². The molecule has 1 atom stereocenters. The zero-order valence-electron chi connectivity index (χ0n) is 9.27.